The van der Waals surface area contributed by atoms with Crippen LogP contribution in [-0.4, -0.2) is 33.6 Å². The standard InChI is InChI=1S/C10H12Cl2N4/c1-6-7(5-15(2)3)10-13-8(11)4-9(12)16(10)14-6/h4H,5H2,1-3H3. The fourth-order valence-corrected chi connectivity index (χ4v) is 2.07. The highest BCUT2D eigenvalue weighted by Gasteiger charge is 2.14. The predicted molar refractivity (Wildman–Crippen MR) is 65.1 cm³/mol. The zero-order valence-electron chi connectivity index (χ0n) is 9.33. The summed E-state index contributed by atoms with van der Waals surface area (Å²) in [6.07, 6.45) is 0. The van der Waals surface area contributed by atoms with Gasteiger partial charge in [0.25, 0.3) is 0 Å². The quantitative estimate of drug-likeness (QED) is 0.776. The Labute approximate surface area is 104 Å². The molecule has 2 aromatic rings. The second-order valence-corrected chi connectivity index (χ2v) is 4.71. The van der Waals surface area contributed by atoms with Gasteiger partial charge in [0.2, 0.25) is 0 Å². The topological polar surface area (TPSA) is 33.4 Å². The fraction of sp³-hybridized carbons (Fsp3) is 0.400. The van der Waals surface area contributed by atoms with Crippen LogP contribution in [0.4, 0.5) is 0 Å². The lowest BCUT2D eigenvalue weighted by atomic mass is 10.2. The van der Waals surface area contributed by atoms with Crippen LogP contribution in [0.1, 0.15) is 11.3 Å². The number of aryl methyl sites for hydroxylation is 1. The van der Waals surface area contributed by atoms with Gasteiger partial charge in [-0.3, -0.25) is 0 Å². The molecule has 0 fully saturated rings. The first-order chi connectivity index (χ1) is 7.49. The van der Waals surface area contributed by atoms with E-state index in [1.54, 1.807) is 10.6 Å². The van der Waals surface area contributed by atoms with E-state index < -0.39 is 0 Å². The molecule has 0 spiro atoms. The summed E-state index contributed by atoms with van der Waals surface area (Å²) in [6, 6.07) is 1.59. The van der Waals surface area contributed by atoms with Crippen LogP contribution in [0.5, 0.6) is 0 Å². The van der Waals surface area contributed by atoms with E-state index in [1.807, 2.05) is 21.0 Å². The normalized spacial score (nSPS) is 11.6. The Hall–Kier alpha value is -0.840. The van der Waals surface area contributed by atoms with Crippen molar-refractivity contribution in [2.24, 2.45) is 0 Å². The lowest BCUT2D eigenvalue weighted by molar-refractivity contribution is 0.403. The first-order valence-electron chi connectivity index (χ1n) is 4.84. The minimum atomic E-state index is 0.386. The first kappa shape index (κ1) is 11.6. The van der Waals surface area contributed by atoms with Crippen LogP contribution in [-0.2, 0) is 6.54 Å². The molecular weight excluding hydrogens is 247 g/mol. The molecule has 0 N–H and O–H groups in total. The van der Waals surface area contributed by atoms with E-state index in [1.165, 1.54) is 0 Å². The molecule has 0 bridgehead atoms. The van der Waals surface area contributed by atoms with E-state index in [0.29, 0.717) is 10.3 Å². The molecule has 0 saturated carbocycles. The Balaban J connectivity index is 2.68. The molecular formula is C10H12Cl2N4. The average Bonchev–Trinajstić information content (AvgIpc) is 2.45. The van der Waals surface area contributed by atoms with Gasteiger partial charge in [0.1, 0.15) is 10.3 Å². The van der Waals surface area contributed by atoms with Crippen molar-refractivity contribution in [3.8, 4) is 0 Å². The molecule has 0 unspecified atom stereocenters. The van der Waals surface area contributed by atoms with Crippen LogP contribution in [0.15, 0.2) is 6.07 Å². The zero-order valence-corrected chi connectivity index (χ0v) is 10.8. The molecule has 0 radical (unpaired) electrons. The Morgan fingerprint density at radius 3 is 2.69 bits per heavy atom. The smallest absolute Gasteiger partial charge is 0.163 e. The molecule has 86 valence electrons. The maximum atomic E-state index is 6.05. The second kappa shape index (κ2) is 4.20. The van der Waals surface area contributed by atoms with Gasteiger partial charge in [0.15, 0.2) is 5.65 Å². The lowest BCUT2D eigenvalue weighted by Crippen LogP contribution is -2.11. The van der Waals surface area contributed by atoms with Gasteiger partial charge in [-0.05, 0) is 21.0 Å². The van der Waals surface area contributed by atoms with Crippen LogP contribution in [0.3, 0.4) is 0 Å². The molecule has 2 heterocycles. The van der Waals surface area contributed by atoms with Gasteiger partial charge in [-0.15, -0.1) is 0 Å². The molecule has 0 atom stereocenters. The lowest BCUT2D eigenvalue weighted by Gasteiger charge is -2.08. The van der Waals surface area contributed by atoms with Crippen molar-refractivity contribution in [2.45, 2.75) is 13.5 Å². The van der Waals surface area contributed by atoms with Crippen molar-refractivity contribution in [3.05, 3.63) is 27.6 Å². The predicted octanol–water partition coefficient (Wildman–Crippen LogP) is 2.41. The molecule has 2 rings (SSSR count). The number of fused-ring (bicyclic) bond motifs is 1. The third kappa shape index (κ3) is 2.00. The number of aromatic nitrogens is 3. The summed E-state index contributed by atoms with van der Waals surface area (Å²) in [5.41, 5.74) is 2.70. The molecule has 16 heavy (non-hydrogen) atoms. The Morgan fingerprint density at radius 1 is 1.38 bits per heavy atom. The summed E-state index contributed by atoms with van der Waals surface area (Å²) in [7, 11) is 3.99. The number of hydrogen-bond acceptors (Lipinski definition) is 3. The second-order valence-electron chi connectivity index (χ2n) is 3.94. The summed E-state index contributed by atoms with van der Waals surface area (Å²) in [6.45, 7) is 2.71. The molecule has 0 saturated heterocycles. The van der Waals surface area contributed by atoms with Crippen molar-refractivity contribution < 1.29 is 0 Å². The minimum absolute atomic E-state index is 0.386. The van der Waals surface area contributed by atoms with Crippen LogP contribution in [0.25, 0.3) is 5.65 Å². The minimum Gasteiger partial charge on any atom is -0.305 e. The van der Waals surface area contributed by atoms with Crippen molar-refractivity contribution in [3.63, 3.8) is 0 Å². The third-order valence-corrected chi connectivity index (χ3v) is 2.75. The molecule has 0 aliphatic heterocycles. The average molecular weight is 259 g/mol. The van der Waals surface area contributed by atoms with Crippen molar-refractivity contribution in [1.82, 2.24) is 19.5 Å². The van der Waals surface area contributed by atoms with Crippen molar-refractivity contribution >= 4 is 28.8 Å². The van der Waals surface area contributed by atoms with Gasteiger partial charge < -0.3 is 4.90 Å². The van der Waals surface area contributed by atoms with Gasteiger partial charge >= 0.3 is 0 Å². The Bertz CT molecular complexity index is 533. The van der Waals surface area contributed by atoms with Crippen molar-refractivity contribution in [1.29, 1.82) is 0 Å². The van der Waals surface area contributed by atoms with E-state index in [9.17, 15) is 0 Å². The summed E-state index contributed by atoms with van der Waals surface area (Å²) >= 11 is 11.9. The molecule has 4 nitrogen and oxygen atoms in total. The molecule has 6 heteroatoms. The van der Waals surface area contributed by atoms with Gasteiger partial charge in [0, 0.05) is 18.2 Å². The maximum absolute atomic E-state index is 6.05. The van der Waals surface area contributed by atoms with Crippen molar-refractivity contribution in [2.75, 3.05) is 14.1 Å². The largest absolute Gasteiger partial charge is 0.305 e. The Morgan fingerprint density at radius 2 is 2.06 bits per heavy atom. The highest BCUT2D eigenvalue weighted by Crippen LogP contribution is 2.21. The number of hydrogen-bond donors (Lipinski definition) is 0. The van der Waals surface area contributed by atoms with Crippen LogP contribution in [0, 0.1) is 6.92 Å². The number of halogens is 2. The monoisotopic (exact) mass is 258 g/mol. The SMILES string of the molecule is Cc1nn2c(Cl)cc(Cl)nc2c1CN(C)C. The summed E-state index contributed by atoms with van der Waals surface area (Å²) < 4.78 is 1.61. The van der Waals surface area contributed by atoms with E-state index in [2.05, 4.69) is 15.0 Å². The molecule has 0 amide bonds. The fourth-order valence-electron chi connectivity index (χ4n) is 1.61. The highest BCUT2D eigenvalue weighted by atomic mass is 35.5. The number of nitrogens with zero attached hydrogens (tertiary/aromatic N) is 4. The van der Waals surface area contributed by atoms with Crippen LogP contribution < -0.4 is 0 Å². The van der Waals surface area contributed by atoms with E-state index in [0.717, 1.165) is 23.4 Å². The summed E-state index contributed by atoms with van der Waals surface area (Å²) in [4.78, 5) is 6.32. The highest BCUT2D eigenvalue weighted by molar-refractivity contribution is 6.33. The zero-order chi connectivity index (χ0) is 11.9. The maximum Gasteiger partial charge on any atom is 0.163 e. The van der Waals surface area contributed by atoms with E-state index >= 15 is 0 Å². The van der Waals surface area contributed by atoms with Gasteiger partial charge in [-0.2, -0.15) is 5.10 Å². The molecule has 2 aromatic heterocycles. The Kier molecular flexibility index (Phi) is 3.06. The number of rotatable bonds is 2. The summed E-state index contributed by atoms with van der Waals surface area (Å²) in [5.74, 6) is 0. The molecule has 0 aromatic carbocycles. The van der Waals surface area contributed by atoms with Crippen LogP contribution in [0.2, 0.25) is 10.3 Å². The summed E-state index contributed by atoms with van der Waals surface area (Å²) in [5, 5.41) is 5.21. The van der Waals surface area contributed by atoms with Gasteiger partial charge in [-0.1, -0.05) is 23.2 Å². The van der Waals surface area contributed by atoms with Gasteiger partial charge in [0.05, 0.1) is 5.69 Å². The molecule has 0 aliphatic rings. The van der Waals surface area contributed by atoms with Gasteiger partial charge in [-0.25, -0.2) is 9.50 Å². The first-order valence-corrected chi connectivity index (χ1v) is 5.59. The third-order valence-electron chi connectivity index (χ3n) is 2.28. The van der Waals surface area contributed by atoms with Crippen LogP contribution >= 0.6 is 23.2 Å². The van der Waals surface area contributed by atoms with E-state index in [-0.39, 0.29) is 0 Å². The van der Waals surface area contributed by atoms with E-state index in [4.69, 9.17) is 23.2 Å². The molecule has 0 aliphatic carbocycles.